The van der Waals surface area contributed by atoms with Crippen molar-refractivity contribution in [2.24, 2.45) is 0 Å². The summed E-state index contributed by atoms with van der Waals surface area (Å²) in [5.41, 5.74) is 0.0287. The molecule has 24 heavy (non-hydrogen) atoms. The molecule has 0 unspecified atom stereocenters. The second-order valence-electron chi connectivity index (χ2n) is 4.93. The molecule has 3 rings (SSSR count). The van der Waals surface area contributed by atoms with Gasteiger partial charge in [0, 0.05) is 10.4 Å². The van der Waals surface area contributed by atoms with Crippen molar-refractivity contribution >= 4 is 39.0 Å². The number of methoxy groups -OCH3 is 1. The van der Waals surface area contributed by atoms with E-state index >= 15 is 0 Å². The van der Waals surface area contributed by atoms with Crippen molar-refractivity contribution < 1.29 is 23.1 Å². The molecule has 0 saturated carbocycles. The molecule has 1 amide bonds. The Balaban J connectivity index is 1.88. The Kier molecular flexibility index (Phi) is 4.26. The quantitative estimate of drug-likeness (QED) is 0.722. The molecular formula is C17H11F2NO3S. The summed E-state index contributed by atoms with van der Waals surface area (Å²) < 4.78 is 32.3. The predicted octanol–water partition coefficient (Wildman–Crippen LogP) is 4.22. The number of anilines is 1. The highest BCUT2D eigenvalue weighted by atomic mass is 32.1. The largest absolute Gasteiger partial charge is 0.465 e. The van der Waals surface area contributed by atoms with E-state index in [1.165, 1.54) is 18.4 Å². The van der Waals surface area contributed by atoms with Gasteiger partial charge in [0.2, 0.25) is 0 Å². The molecule has 2 aromatic carbocycles. The van der Waals surface area contributed by atoms with Crippen LogP contribution in [0.25, 0.3) is 10.1 Å². The number of carbonyl (C=O) groups is 2. The van der Waals surface area contributed by atoms with Gasteiger partial charge < -0.3 is 10.1 Å². The van der Waals surface area contributed by atoms with Crippen molar-refractivity contribution in [1.29, 1.82) is 0 Å². The topological polar surface area (TPSA) is 55.4 Å². The van der Waals surface area contributed by atoms with Crippen LogP contribution < -0.4 is 5.32 Å². The minimum absolute atomic E-state index is 0.379. The van der Waals surface area contributed by atoms with Crippen molar-refractivity contribution in [3.8, 4) is 0 Å². The monoisotopic (exact) mass is 347 g/mol. The normalized spacial score (nSPS) is 10.6. The molecule has 4 nitrogen and oxygen atoms in total. The van der Waals surface area contributed by atoms with Crippen LogP contribution in [0.15, 0.2) is 42.5 Å². The fourth-order valence-electron chi connectivity index (χ4n) is 2.19. The second-order valence-corrected chi connectivity index (χ2v) is 6.02. The molecule has 0 radical (unpaired) electrons. The molecule has 7 heteroatoms. The van der Waals surface area contributed by atoms with Crippen LogP contribution in [0.1, 0.15) is 20.0 Å². The highest BCUT2D eigenvalue weighted by molar-refractivity contribution is 7.20. The maximum Gasteiger partial charge on any atom is 0.348 e. The molecule has 0 bridgehead atoms. The summed E-state index contributed by atoms with van der Waals surface area (Å²) in [5.74, 6) is -2.70. The van der Waals surface area contributed by atoms with E-state index < -0.39 is 23.5 Å². The van der Waals surface area contributed by atoms with E-state index in [-0.39, 0.29) is 5.56 Å². The van der Waals surface area contributed by atoms with Crippen LogP contribution >= 0.6 is 11.3 Å². The van der Waals surface area contributed by atoms with Gasteiger partial charge in [-0.3, -0.25) is 4.79 Å². The Bertz CT molecular complexity index is 952. The number of esters is 1. The van der Waals surface area contributed by atoms with Crippen LogP contribution in [0.2, 0.25) is 0 Å². The number of hydrogen-bond acceptors (Lipinski definition) is 4. The third-order valence-corrected chi connectivity index (χ3v) is 4.43. The zero-order valence-corrected chi connectivity index (χ0v) is 13.2. The number of rotatable bonds is 3. The van der Waals surface area contributed by atoms with Crippen molar-refractivity contribution in [3.05, 3.63) is 64.5 Å². The first-order valence-electron chi connectivity index (χ1n) is 6.86. The number of halogens is 2. The van der Waals surface area contributed by atoms with Gasteiger partial charge in [0.1, 0.15) is 16.5 Å². The summed E-state index contributed by atoms with van der Waals surface area (Å²) in [7, 11) is 1.30. The fraction of sp³-hybridized carbons (Fsp3) is 0.0588. The highest BCUT2D eigenvalue weighted by Crippen LogP contribution is 2.29. The van der Waals surface area contributed by atoms with Gasteiger partial charge in [-0.05, 0) is 47.9 Å². The molecule has 1 aromatic heterocycles. The van der Waals surface area contributed by atoms with E-state index in [0.717, 1.165) is 28.3 Å². The van der Waals surface area contributed by atoms with Crippen LogP contribution in [0, 0.1) is 11.6 Å². The van der Waals surface area contributed by atoms with Gasteiger partial charge in [-0.15, -0.1) is 11.3 Å². The van der Waals surface area contributed by atoms with E-state index in [2.05, 4.69) is 10.1 Å². The standard InChI is InChI=1S/C17H11F2NO3S/c1-23-17(22)15-7-9-6-11(3-5-14(9)24-15)20-16(21)12-8-10(18)2-4-13(12)19/h2-8H,1H3,(H,20,21). The molecule has 0 saturated heterocycles. The lowest BCUT2D eigenvalue weighted by molar-refractivity contribution is 0.0606. The fourth-order valence-corrected chi connectivity index (χ4v) is 3.15. The van der Waals surface area contributed by atoms with Crippen LogP contribution in [0.3, 0.4) is 0 Å². The lowest BCUT2D eigenvalue weighted by Gasteiger charge is -2.06. The molecule has 3 aromatic rings. The average Bonchev–Trinajstić information content (AvgIpc) is 2.99. The summed E-state index contributed by atoms with van der Waals surface area (Å²) in [4.78, 5) is 24.1. The van der Waals surface area contributed by atoms with Gasteiger partial charge in [0.25, 0.3) is 5.91 Å². The van der Waals surface area contributed by atoms with Gasteiger partial charge in [0.15, 0.2) is 0 Å². The Labute approximate surface area is 139 Å². The van der Waals surface area contributed by atoms with E-state index in [9.17, 15) is 18.4 Å². The van der Waals surface area contributed by atoms with Gasteiger partial charge in [0.05, 0.1) is 12.7 Å². The Morgan fingerprint density at radius 3 is 2.62 bits per heavy atom. The first kappa shape index (κ1) is 16.1. The zero-order chi connectivity index (χ0) is 17.3. The van der Waals surface area contributed by atoms with Gasteiger partial charge in [-0.25, -0.2) is 13.6 Å². The average molecular weight is 347 g/mol. The molecule has 0 aliphatic rings. The summed E-state index contributed by atoms with van der Waals surface area (Å²) in [6, 6.07) is 9.31. The highest BCUT2D eigenvalue weighted by Gasteiger charge is 2.14. The molecular weight excluding hydrogens is 336 g/mol. The predicted molar refractivity (Wildman–Crippen MR) is 87.5 cm³/mol. The van der Waals surface area contributed by atoms with Crippen LogP contribution in [-0.2, 0) is 4.74 Å². The minimum Gasteiger partial charge on any atom is -0.465 e. The number of hydrogen-bond donors (Lipinski definition) is 1. The molecule has 1 heterocycles. The number of benzene rings is 2. The molecule has 0 aliphatic carbocycles. The number of thiophene rings is 1. The van der Waals surface area contributed by atoms with Gasteiger partial charge in [-0.2, -0.15) is 0 Å². The van der Waals surface area contributed by atoms with E-state index in [1.54, 1.807) is 24.3 Å². The molecule has 0 aliphatic heterocycles. The van der Waals surface area contributed by atoms with Crippen LogP contribution in [-0.4, -0.2) is 19.0 Å². The summed E-state index contributed by atoms with van der Waals surface area (Å²) in [6.45, 7) is 0. The molecule has 0 spiro atoms. The first-order chi connectivity index (χ1) is 11.5. The maximum absolute atomic E-state index is 13.6. The van der Waals surface area contributed by atoms with Crippen molar-refractivity contribution in [2.75, 3.05) is 12.4 Å². The number of ether oxygens (including phenoxy) is 1. The lowest BCUT2D eigenvalue weighted by Crippen LogP contribution is -2.14. The smallest absolute Gasteiger partial charge is 0.348 e. The second kappa shape index (κ2) is 6.37. The Hall–Kier alpha value is -2.80. The summed E-state index contributed by atoms with van der Waals surface area (Å²) in [5, 5.41) is 3.25. The minimum atomic E-state index is -0.807. The van der Waals surface area contributed by atoms with E-state index in [4.69, 9.17) is 0 Å². The summed E-state index contributed by atoms with van der Waals surface area (Å²) >= 11 is 1.26. The van der Waals surface area contributed by atoms with Crippen molar-refractivity contribution in [3.63, 3.8) is 0 Å². The van der Waals surface area contributed by atoms with Crippen LogP contribution in [0.5, 0.6) is 0 Å². The third-order valence-electron chi connectivity index (χ3n) is 3.33. The Morgan fingerprint density at radius 2 is 1.88 bits per heavy atom. The molecule has 1 N–H and O–H groups in total. The Morgan fingerprint density at radius 1 is 1.08 bits per heavy atom. The molecule has 0 atom stereocenters. The van der Waals surface area contributed by atoms with Gasteiger partial charge in [-0.1, -0.05) is 0 Å². The number of carbonyl (C=O) groups excluding carboxylic acids is 2. The first-order valence-corrected chi connectivity index (χ1v) is 7.68. The van der Waals surface area contributed by atoms with Crippen LogP contribution in [0.4, 0.5) is 14.5 Å². The SMILES string of the molecule is COC(=O)c1cc2cc(NC(=O)c3cc(F)ccc3F)ccc2s1. The van der Waals surface area contributed by atoms with Gasteiger partial charge >= 0.3 is 5.97 Å². The maximum atomic E-state index is 13.6. The van der Waals surface area contributed by atoms with E-state index in [0.29, 0.717) is 10.6 Å². The van der Waals surface area contributed by atoms with Crippen molar-refractivity contribution in [1.82, 2.24) is 0 Å². The number of fused-ring (bicyclic) bond motifs is 1. The van der Waals surface area contributed by atoms with E-state index in [1.807, 2.05) is 0 Å². The summed E-state index contributed by atoms with van der Waals surface area (Å²) in [6.07, 6.45) is 0. The number of nitrogens with one attached hydrogen (secondary N) is 1. The lowest BCUT2D eigenvalue weighted by atomic mass is 10.1. The molecule has 0 fully saturated rings. The van der Waals surface area contributed by atoms with Crippen molar-refractivity contribution in [2.45, 2.75) is 0 Å². The third kappa shape index (κ3) is 3.11. The number of amides is 1. The molecule has 122 valence electrons. The zero-order valence-electron chi connectivity index (χ0n) is 12.4.